The number of benzene rings is 1. The van der Waals surface area contributed by atoms with E-state index in [9.17, 15) is 4.79 Å². The van der Waals surface area contributed by atoms with Crippen LogP contribution in [0.3, 0.4) is 0 Å². The maximum atomic E-state index is 11.4. The molecule has 0 aliphatic rings. The Balaban J connectivity index is 2.71. The van der Waals surface area contributed by atoms with Gasteiger partial charge in [-0.1, -0.05) is 6.07 Å². The number of nitrogens with one attached hydrogen (secondary N) is 1. The number of aromatic amines is 1. The average molecular weight is 244 g/mol. The van der Waals surface area contributed by atoms with Crippen molar-refractivity contribution in [1.29, 1.82) is 0 Å². The van der Waals surface area contributed by atoms with E-state index in [1.807, 2.05) is 39.0 Å². The summed E-state index contributed by atoms with van der Waals surface area (Å²) in [5.41, 5.74) is 4.13. The minimum absolute atomic E-state index is 0.342. The number of aromatic nitrogens is 2. The molecular weight excluding hydrogens is 228 g/mol. The second kappa shape index (κ2) is 4.64. The SMILES string of the molecule is COc1c(-c2cc(C)[nH]c(=O)n2)ccc(C)c1C. The lowest BCUT2D eigenvalue weighted by molar-refractivity contribution is 0.413. The first-order chi connectivity index (χ1) is 8.52. The van der Waals surface area contributed by atoms with Gasteiger partial charge in [-0.2, -0.15) is 4.98 Å². The van der Waals surface area contributed by atoms with Gasteiger partial charge >= 0.3 is 5.69 Å². The fourth-order valence-corrected chi connectivity index (χ4v) is 1.97. The van der Waals surface area contributed by atoms with Crippen LogP contribution in [0, 0.1) is 20.8 Å². The Labute approximate surface area is 106 Å². The molecule has 1 aromatic carbocycles. The molecule has 0 fully saturated rings. The molecule has 1 heterocycles. The summed E-state index contributed by atoms with van der Waals surface area (Å²) in [6, 6.07) is 5.78. The zero-order valence-electron chi connectivity index (χ0n) is 11.0. The van der Waals surface area contributed by atoms with E-state index in [0.29, 0.717) is 5.69 Å². The van der Waals surface area contributed by atoms with E-state index >= 15 is 0 Å². The van der Waals surface area contributed by atoms with Crippen molar-refractivity contribution in [3.8, 4) is 17.0 Å². The van der Waals surface area contributed by atoms with Crippen molar-refractivity contribution in [2.24, 2.45) is 0 Å². The molecule has 0 saturated heterocycles. The third-order valence-corrected chi connectivity index (χ3v) is 3.04. The Morgan fingerprint density at radius 1 is 1.22 bits per heavy atom. The van der Waals surface area contributed by atoms with Gasteiger partial charge in [-0.05, 0) is 44.0 Å². The van der Waals surface area contributed by atoms with Crippen LogP contribution in [0.1, 0.15) is 16.8 Å². The Kier molecular flexibility index (Phi) is 3.19. The van der Waals surface area contributed by atoms with Gasteiger partial charge in [0.2, 0.25) is 0 Å². The predicted octanol–water partition coefficient (Wildman–Crippen LogP) is 2.37. The molecule has 0 atom stereocenters. The minimum Gasteiger partial charge on any atom is -0.496 e. The van der Waals surface area contributed by atoms with Crippen LogP contribution in [0.15, 0.2) is 23.0 Å². The largest absolute Gasteiger partial charge is 0.496 e. The predicted molar refractivity (Wildman–Crippen MR) is 71.1 cm³/mol. The molecule has 0 saturated carbocycles. The smallest absolute Gasteiger partial charge is 0.345 e. The summed E-state index contributed by atoms with van der Waals surface area (Å²) >= 11 is 0. The highest BCUT2D eigenvalue weighted by Crippen LogP contribution is 2.33. The first-order valence-corrected chi connectivity index (χ1v) is 5.75. The lowest BCUT2D eigenvalue weighted by Crippen LogP contribution is -2.12. The molecule has 94 valence electrons. The van der Waals surface area contributed by atoms with Crippen LogP contribution in [0.5, 0.6) is 5.75 Å². The fourth-order valence-electron chi connectivity index (χ4n) is 1.97. The van der Waals surface area contributed by atoms with E-state index in [0.717, 1.165) is 28.1 Å². The van der Waals surface area contributed by atoms with Gasteiger partial charge in [0.05, 0.1) is 12.8 Å². The summed E-state index contributed by atoms with van der Waals surface area (Å²) in [4.78, 5) is 18.1. The normalized spacial score (nSPS) is 10.4. The van der Waals surface area contributed by atoms with Crippen LogP contribution in [0.4, 0.5) is 0 Å². The summed E-state index contributed by atoms with van der Waals surface area (Å²) in [6.45, 7) is 5.86. The van der Waals surface area contributed by atoms with Crippen LogP contribution in [-0.2, 0) is 0 Å². The summed E-state index contributed by atoms with van der Waals surface area (Å²) in [6.07, 6.45) is 0. The van der Waals surface area contributed by atoms with E-state index in [-0.39, 0.29) is 5.69 Å². The monoisotopic (exact) mass is 244 g/mol. The summed E-state index contributed by atoms with van der Waals surface area (Å²) in [5, 5.41) is 0. The van der Waals surface area contributed by atoms with Crippen LogP contribution >= 0.6 is 0 Å². The number of methoxy groups -OCH3 is 1. The molecule has 2 rings (SSSR count). The molecular formula is C14H16N2O2. The molecule has 1 aromatic heterocycles. The Morgan fingerprint density at radius 2 is 1.94 bits per heavy atom. The number of H-pyrrole nitrogens is 1. The molecule has 1 N–H and O–H groups in total. The van der Waals surface area contributed by atoms with Gasteiger partial charge in [-0.3, -0.25) is 0 Å². The molecule has 2 aromatic rings. The second-order valence-corrected chi connectivity index (χ2v) is 4.34. The maximum Gasteiger partial charge on any atom is 0.345 e. The molecule has 18 heavy (non-hydrogen) atoms. The zero-order chi connectivity index (χ0) is 13.3. The topological polar surface area (TPSA) is 55.0 Å². The molecule has 4 heteroatoms. The van der Waals surface area contributed by atoms with Crippen LogP contribution in [0.2, 0.25) is 0 Å². The third kappa shape index (κ3) is 2.14. The number of ether oxygens (including phenoxy) is 1. The summed E-state index contributed by atoms with van der Waals surface area (Å²) in [7, 11) is 1.63. The van der Waals surface area contributed by atoms with Gasteiger partial charge in [0.1, 0.15) is 5.75 Å². The van der Waals surface area contributed by atoms with E-state index in [1.54, 1.807) is 7.11 Å². The quantitative estimate of drug-likeness (QED) is 0.882. The molecule has 0 spiro atoms. The standard InChI is InChI=1S/C14H16N2O2/c1-8-5-6-11(13(18-4)10(8)3)12-7-9(2)15-14(17)16-12/h5-7H,1-4H3,(H,15,16,17). The van der Waals surface area contributed by atoms with E-state index < -0.39 is 0 Å². The van der Waals surface area contributed by atoms with Gasteiger partial charge in [0.25, 0.3) is 0 Å². The Morgan fingerprint density at radius 3 is 2.56 bits per heavy atom. The van der Waals surface area contributed by atoms with Crippen molar-refractivity contribution >= 4 is 0 Å². The van der Waals surface area contributed by atoms with E-state index in [1.165, 1.54) is 0 Å². The van der Waals surface area contributed by atoms with Crippen molar-refractivity contribution in [2.75, 3.05) is 7.11 Å². The molecule has 0 amide bonds. The second-order valence-electron chi connectivity index (χ2n) is 4.34. The average Bonchev–Trinajstić information content (AvgIpc) is 2.31. The van der Waals surface area contributed by atoms with Crippen molar-refractivity contribution < 1.29 is 4.74 Å². The lowest BCUT2D eigenvalue weighted by Gasteiger charge is -2.13. The first kappa shape index (κ1) is 12.4. The Hall–Kier alpha value is -2.10. The van der Waals surface area contributed by atoms with Crippen LogP contribution in [0.25, 0.3) is 11.3 Å². The number of hydrogen-bond acceptors (Lipinski definition) is 3. The zero-order valence-corrected chi connectivity index (χ0v) is 11.0. The fraction of sp³-hybridized carbons (Fsp3) is 0.286. The van der Waals surface area contributed by atoms with Crippen molar-refractivity contribution in [1.82, 2.24) is 9.97 Å². The Bertz CT molecular complexity index is 645. The van der Waals surface area contributed by atoms with Gasteiger partial charge in [0.15, 0.2) is 0 Å². The van der Waals surface area contributed by atoms with Crippen molar-refractivity contribution in [3.63, 3.8) is 0 Å². The highest BCUT2D eigenvalue weighted by molar-refractivity contribution is 5.70. The molecule has 0 aliphatic heterocycles. The first-order valence-electron chi connectivity index (χ1n) is 5.75. The molecule has 0 aliphatic carbocycles. The highest BCUT2D eigenvalue weighted by Gasteiger charge is 2.12. The molecule has 0 bridgehead atoms. The van der Waals surface area contributed by atoms with Crippen molar-refractivity contribution in [3.05, 3.63) is 45.5 Å². The van der Waals surface area contributed by atoms with Gasteiger partial charge in [0, 0.05) is 11.3 Å². The molecule has 0 unspecified atom stereocenters. The maximum absolute atomic E-state index is 11.4. The van der Waals surface area contributed by atoms with Crippen molar-refractivity contribution in [2.45, 2.75) is 20.8 Å². The number of rotatable bonds is 2. The van der Waals surface area contributed by atoms with Gasteiger partial charge < -0.3 is 9.72 Å². The highest BCUT2D eigenvalue weighted by atomic mass is 16.5. The van der Waals surface area contributed by atoms with Crippen LogP contribution in [-0.4, -0.2) is 17.1 Å². The number of aryl methyl sites for hydroxylation is 2. The number of nitrogens with zero attached hydrogens (tertiary/aromatic N) is 1. The lowest BCUT2D eigenvalue weighted by atomic mass is 10.0. The van der Waals surface area contributed by atoms with E-state index in [2.05, 4.69) is 9.97 Å². The summed E-state index contributed by atoms with van der Waals surface area (Å²) in [5.74, 6) is 0.771. The van der Waals surface area contributed by atoms with E-state index in [4.69, 9.17) is 4.74 Å². The number of hydrogen-bond donors (Lipinski definition) is 1. The van der Waals surface area contributed by atoms with Gasteiger partial charge in [-0.25, -0.2) is 4.79 Å². The van der Waals surface area contributed by atoms with Gasteiger partial charge in [-0.15, -0.1) is 0 Å². The van der Waals surface area contributed by atoms with Crippen LogP contribution < -0.4 is 10.4 Å². The molecule has 4 nitrogen and oxygen atoms in total. The minimum atomic E-state index is -0.342. The molecule has 0 radical (unpaired) electrons. The summed E-state index contributed by atoms with van der Waals surface area (Å²) < 4.78 is 5.44. The third-order valence-electron chi connectivity index (χ3n) is 3.04.